The molecule has 1 amide bonds. The van der Waals surface area contributed by atoms with Crippen LogP contribution in [0.25, 0.3) is 0 Å². The number of benzene rings is 3. The van der Waals surface area contributed by atoms with Crippen molar-refractivity contribution in [3.05, 3.63) is 101 Å². The van der Waals surface area contributed by atoms with Gasteiger partial charge in [-0.3, -0.25) is 4.79 Å². The van der Waals surface area contributed by atoms with Gasteiger partial charge in [0.2, 0.25) is 10.0 Å². The maximum absolute atomic E-state index is 12.5. The van der Waals surface area contributed by atoms with Crippen molar-refractivity contribution in [2.45, 2.75) is 18.0 Å². The number of nitrogens with one attached hydrogen (secondary N) is 2. The minimum Gasteiger partial charge on any atom is -0.348 e. The van der Waals surface area contributed by atoms with Crippen molar-refractivity contribution in [1.29, 1.82) is 0 Å². The highest BCUT2D eigenvalue weighted by molar-refractivity contribution is 7.89. The molecule has 3 rings (SSSR count). The first-order valence-electron chi connectivity index (χ1n) is 8.60. The molecule has 0 aliphatic heterocycles. The molecule has 0 bridgehead atoms. The van der Waals surface area contributed by atoms with Crippen molar-refractivity contribution in [3.63, 3.8) is 0 Å². The van der Waals surface area contributed by atoms with E-state index in [1.807, 2.05) is 36.4 Å². The molecule has 3 aromatic carbocycles. The Hall–Kier alpha value is -2.67. The summed E-state index contributed by atoms with van der Waals surface area (Å²) in [6.45, 7) is 0.469. The maximum atomic E-state index is 12.5. The molecule has 0 aliphatic rings. The third-order valence-electron chi connectivity index (χ3n) is 4.06. The SMILES string of the molecule is O=C(NCc1cccc(Cl)c1)c1cccc(S(=O)(=O)NCc2ccccc2)c1. The minimum atomic E-state index is -3.73. The molecule has 0 atom stereocenters. The fourth-order valence-corrected chi connectivity index (χ4v) is 3.87. The van der Waals surface area contributed by atoms with Crippen LogP contribution >= 0.6 is 11.6 Å². The second-order valence-corrected chi connectivity index (χ2v) is 8.35. The van der Waals surface area contributed by atoms with Gasteiger partial charge in [-0.15, -0.1) is 0 Å². The third kappa shape index (κ3) is 5.42. The van der Waals surface area contributed by atoms with Crippen molar-refractivity contribution >= 4 is 27.5 Å². The number of halogens is 1. The molecule has 0 radical (unpaired) electrons. The van der Waals surface area contributed by atoms with E-state index in [1.165, 1.54) is 12.1 Å². The van der Waals surface area contributed by atoms with Gasteiger partial charge in [0.25, 0.3) is 5.91 Å². The van der Waals surface area contributed by atoms with E-state index < -0.39 is 10.0 Å². The Morgan fingerprint density at radius 3 is 2.29 bits per heavy atom. The van der Waals surface area contributed by atoms with Crippen molar-refractivity contribution in [2.75, 3.05) is 0 Å². The summed E-state index contributed by atoms with van der Waals surface area (Å²) in [5, 5.41) is 3.35. The standard InChI is InChI=1S/C21H19ClN2O3S/c22-19-10-4-8-17(12-19)14-23-21(25)18-9-5-11-20(13-18)28(26,27)24-15-16-6-2-1-3-7-16/h1-13,24H,14-15H2,(H,23,25). The molecule has 3 aromatic rings. The molecule has 7 heteroatoms. The van der Waals surface area contributed by atoms with Gasteiger partial charge in [0, 0.05) is 23.7 Å². The molecule has 0 aromatic heterocycles. The van der Waals surface area contributed by atoms with Gasteiger partial charge in [-0.1, -0.05) is 60.1 Å². The fraction of sp³-hybridized carbons (Fsp3) is 0.0952. The quantitative estimate of drug-likeness (QED) is 0.618. The van der Waals surface area contributed by atoms with Gasteiger partial charge in [0.05, 0.1) is 4.90 Å². The van der Waals surface area contributed by atoms with E-state index in [4.69, 9.17) is 11.6 Å². The molecule has 2 N–H and O–H groups in total. The van der Waals surface area contributed by atoms with Crippen LogP contribution < -0.4 is 10.0 Å². The Bertz CT molecular complexity index is 1070. The van der Waals surface area contributed by atoms with Crippen LogP contribution in [0.2, 0.25) is 5.02 Å². The zero-order chi connectivity index (χ0) is 20.0. The smallest absolute Gasteiger partial charge is 0.251 e. The van der Waals surface area contributed by atoms with Crippen LogP contribution in [-0.4, -0.2) is 14.3 Å². The molecule has 0 aliphatic carbocycles. The number of sulfonamides is 1. The lowest BCUT2D eigenvalue weighted by molar-refractivity contribution is 0.0950. The van der Waals surface area contributed by atoms with E-state index in [0.29, 0.717) is 11.6 Å². The van der Waals surface area contributed by atoms with Gasteiger partial charge >= 0.3 is 0 Å². The summed E-state index contributed by atoms with van der Waals surface area (Å²) >= 11 is 5.94. The Labute approximate surface area is 169 Å². The second-order valence-electron chi connectivity index (χ2n) is 6.15. The van der Waals surface area contributed by atoms with Gasteiger partial charge < -0.3 is 5.32 Å². The monoisotopic (exact) mass is 414 g/mol. The number of carbonyl (C=O) groups excluding carboxylic acids is 1. The highest BCUT2D eigenvalue weighted by Crippen LogP contribution is 2.14. The predicted molar refractivity (Wildman–Crippen MR) is 110 cm³/mol. The van der Waals surface area contributed by atoms with Crippen LogP contribution in [0.5, 0.6) is 0 Å². The van der Waals surface area contributed by atoms with E-state index in [1.54, 1.807) is 30.3 Å². The van der Waals surface area contributed by atoms with E-state index in [-0.39, 0.29) is 22.9 Å². The number of amides is 1. The van der Waals surface area contributed by atoms with Gasteiger partial charge in [-0.25, -0.2) is 13.1 Å². The molecule has 0 spiro atoms. The van der Waals surface area contributed by atoms with Crippen LogP contribution in [0.1, 0.15) is 21.5 Å². The summed E-state index contributed by atoms with van der Waals surface area (Å²) < 4.78 is 27.6. The Balaban J connectivity index is 1.67. The molecule has 144 valence electrons. The van der Waals surface area contributed by atoms with Crippen LogP contribution in [0.3, 0.4) is 0 Å². The summed E-state index contributed by atoms with van der Waals surface area (Å²) in [7, 11) is -3.73. The van der Waals surface area contributed by atoms with Gasteiger partial charge in [0.15, 0.2) is 0 Å². The van der Waals surface area contributed by atoms with Crippen LogP contribution in [-0.2, 0) is 23.1 Å². The summed E-state index contributed by atoms with van der Waals surface area (Å²) in [6.07, 6.45) is 0. The summed E-state index contributed by atoms with van der Waals surface area (Å²) in [5.41, 5.74) is 1.97. The van der Waals surface area contributed by atoms with Crippen molar-refractivity contribution < 1.29 is 13.2 Å². The number of rotatable bonds is 7. The topological polar surface area (TPSA) is 75.3 Å². The third-order valence-corrected chi connectivity index (χ3v) is 5.69. The Morgan fingerprint density at radius 2 is 1.54 bits per heavy atom. The number of hydrogen-bond donors (Lipinski definition) is 2. The van der Waals surface area contributed by atoms with Gasteiger partial charge in [0.1, 0.15) is 0 Å². The molecule has 0 heterocycles. The normalized spacial score (nSPS) is 11.2. The van der Waals surface area contributed by atoms with Crippen molar-refractivity contribution in [1.82, 2.24) is 10.0 Å². The second kappa shape index (κ2) is 9.01. The average Bonchev–Trinajstić information content (AvgIpc) is 2.71. The van der Waals surface area contributed by atoms with E-state index in [2.05, 4.69) is 10.0 Å². The van der Waals surface area contributed by atoms with Crippen LogP contribution in [0.4, 0.5) is 0 Å². The highest BCUT2D eigenvalue weighted by Gasteiger charge is 2.16. The van der Waals surface area contributed by atoms with Crippen molar-refractivity contribution in [3.8, 4) is 0 Å². The van der Waals surface area contributed by atoms with E-state index in [0.717, 1.165) is 11.1 Å². The van der Waals surface area contributed by atoms with Gasteiger partial charge in [-0.2, -0.15) is 0 Å². The van der Waals surface area contributed by atoms with E-state index in [9.17, 15) is 13.2 Å². The van der Waals surface area contributed by atoms with Crippen LogP contribution in [0, 0.1) is 0 Å². The first-order valence-corrected chi connectivity index (χ1v) is 10.5. The molecule has 28 heavy (non-hydrogen) atoms. The molecule has 0 fully saturated rings. The molecular formula is C21H19ClN2O3S. The minimum absolute atomic E-state index is 0.0406. The summed E-state index contributed by atoms with van der Waals surface area (Å²) in [5.74, 6) is -0.361. The fourth-order valence-electron chi connectivity index (χ4n) is 2.59. The predicted octanol–water partition coefficient (Wildman–Crippen LogP) is 3.75. The summed E-state index contributed by atoms with van der Waals surface area (Å²) in [6, 6.07) is 22.3. The Kier molecular flexibility index (Phi) is 6.46. The molecule has 5 nitrogen and oxygen atoms in total. The lowest BCUT2D eigenvalue weighted by Gasteiger charge is -2.09. The van der Waals surface area contributed by atoms with Gasteiger partial charge in [-0.05, 0) is 41.5 Å². The van der Waals surface area contributed by atoms with Crippen molar-refractivity contribution in [2.24, 2.45) is 0 Å². The molecule has 0 saturated heterocycles. The maximum Gasteiger partial charge on any atom is 0.251 e. The zero-order valence-corrected chi connectivity index (χ0v) is 16.5. The first-order chi connectivity index (χ1) is 13.4. The largest absolute Gasteiger partial charge is 0.348 e. The molecule has 0 saturated carbocycles. The summed E-state index contributed by atoms with van der Waals surface area (Å²) in [4.78, 5) is 12.4. The van der Waals surface area contributed by atoms with Crippen LogP contribution in [0.15, 0.2) is 83.8 Å². The number of carbonyl (C=O) groups is 1. The van der Waals surface area contributed by atoms with E-state index >= 15 is 0 Å². The lowest BCUT2D eigenvalue weighted by atomic mass is 10.2. The Morgan fingerprint density at radius 1 is 0.821 bits per heavy atom. The number of hydrogen-bond acceptors (Lipinski definition) is 3. The zero-order valence-electron chi connectivity index (χ0n) is 14.9. The molecule has 0 unspecified atom stereocenters. The average molecular weight is 415 g/mol. The molecular weight excluding hydrogens is 396 g/mol. The lowest BCUT2D eigenvalue weighted by Crippen LogP contribution is -2.25. The highest BCUT2D eigenvalue weighted by atomic mass is 35.5. The first kappa shape index (κ1) is 20.1.